The number of methoxy groups -OCH3 is 1. The van der Waals surface area contributed by atoms with Crippen LogP contribution in [0.1, 0.15) is 18.1 Å². The molecule has 0 N–H and O–H groups in total. The molecule has 1 fully saturated rings. The van der Waals surface area contributed by atoms with E-state index in [1.54, 1.807) is 7.11 Å². The first-order valence-corrected chi connectivity index (χ1v) is 9.97. The molecular weight excluding hydrogens is 380 g/mol. The van der Waals surface area contributed by atoms with Crippen molar-refractivity contribution < 1.29 is 9.47 Å². The summed E-state index contributed by atoms with van der Waals surface area (Å²) in [6, 6.07) is 13.8. The van der Waals surface area contributed by atoms with E-state index < -0.39 is 0 Å². The maximum absolute atomic E-state index is 6.52. The number of likely N-dealkylation sites (N-methyl/N-ethyl adjacent to an activating group) is 1. The van der Waals surface area contributed by atoms with Gasteiger partial charge < -0.3 is 19.3 Å². The summed E-state index contributed by atoms with van der Waals surface area (Å²) in [4.78, 5) is 5.46. The minimum Gasteiger partial charge on any atom is -0.493 e. The van der Waals surface area contributed by atoms with Crippen molar-refractivity contribution in [1.82, 2.24) is 9.80 Å². The summed E-state index contributed by atoms with van der Waals surface area (Å²) < 4.78 is 11.5. The average Bonchev–Trinajstić information content (AvgIpc) is 2.72. The Morgan fingerprint density at radius 2 is 1.81 bits per heavy atom. The van der Waals surface area contributed by atoms with Gasteiger partial charge in [0.1, 0.15) is 11.6 Å². The molecule has 27 heavy (non-hydrogen) atoms. The molecule has 3 rings (SSSR count). The highest BCUT2D eigenvalue weighted by Crippen LogP contribution is 2.37. The Bertz CT molecular complexity index is 777. The van der Waals surface area contributed by atoms with Gasteiger partial charge in [-0.3, -0.25) is 0 Å². The molecule has 0 saturated carbocycles. The van der Waals surface area contributed by atoms with Crippen LogP contribution in [-0.2, 0) is 6.61 Å². The van der Waals surface area contributed by atoms with Gasteiger partial charge in [-0.15, -0.1) is 0 Å². The number of halogens is 1. The van der Waals surface area contributed by atoms with Gasteiger partial charge in [-0.05, 0) is 24.2 Å². The summed E-state index contributed by atoms with van der Waals surface area (Å²) in [5.74, 6) is 1.15. The third kappa shape index (κ3) is 4.92. The molecular formula is C21H25ClN2O2S. The minimum atomic E-state index is 0.430. The monoisotopic (exact) mass is 404 g/mol. The van der Waals surface area contributed by atoms with Crippen LogP contribution in [0, 0.1) is 0 Å². The minimum absolute atomic E-state index is 0.430. The molecule has 6 heteroatoms. The summed E-state index contributed by atoms with van der Waals surface area (Å²) in [5, 5.41) is 0.509. The van der Waals surface area contributed by atoms with Gasteiger partial charge in [0.05, 0.1) is 12.1 Å². The third-order valence-electron chi connectivity index (χ3n) is 4.81. The first kappa shape index (κ1) is 19.9. The Hall–Kier alpha value is -1.82. The van der Waals surface area contributed by atoms with E-state index in [-0.39, 0.29) is 0 Å². The van der Waals surface area contributed by atoms with Crippen molar-refractivity contribution in [2.75, 3.05) is 39.8 Å². The van der Waals surface area contributed by atoms with Crippen molar-refractivity contribution in [3.63, 3.8) is 0 Å². The van der Waals surface area contributed by atoms with Gasteiger partial charge in [0.2, 0.25) is 0 Å². The Morgan fingerprint density at radius 1 is 1.11 bits per heavy atom. The van der Waals surface area contributed by atoms with Crippen molar-refractivity contribution in [2.24, 2.45) is 0 Å². The number of hydrogen-bond donors (Lipinski definition) is 0. The highest BCUT2D eigenvalue weighted by atomic mass is 35.5. The van der Waals surface area contributed by atoms with Crippen LogP contribution < -0.4 is 9.47 Å². The van der Waals surface area contributed by atoms with E-state index in [1.807, 2.05) is 42.5 Å². The lowest BCUT2D eigenvalue weighted by atomic mass is 10.1. The Labute approximate surface area is 171 Å². The van der Waals surface area contributed by atoms with Crippen LogP contribution in [0.5, 0.6) is 11.5 Å². The van der Waals surface area contributed by atoms with Gasteiger partial charge in [0.25, 0.3) is 0 Å². The van der Waals surface area contributed by atoms with Crippen molar-refractivity contribution in [2.45, 2.75) is 13.5 Å². The molecule has 0 aliphatic carbocycles. The standard InChI is InChI=1S/C21H25ClN2O2S/c1-3-23-9-11-24(12-10-23)21(27)17-13-18(22)20(19(14-17)25-2)26-15-16-7-5-4-6-8-16/h4-8,13-14H,3,9-12,15H2,1-2H3. The van der Waals surface area contributed by atoms with Crippen LogP contribution in [0.4, 0.5) is 0 Å². The van der Waals surface area contributed by atoms with Gasteiger partial charge in [-0.25, -0.2) is 0 Å². The Balaban J connectivity index is 1.74. The molecule has 2 aromatic carbocycles. The van der Waals surface area contributed by atoms with Crippen molar-refractivity contribution in [3.05, 3.63) is 58.6 Å². The fourth-order valence-electron chi connectivity index (χ4n) is 3.16. The van der Waals surface area contributed by atoms with Crippen LogP contribution in [0.2, 0.25) is 5.02 Å². The second kappa shape index (κ2) is 9.40. The second-order valence-electron chi connectivity index (χ2n) is 6.49. The van der Waals surface area contributed by atoms with Crippen molar-refractivity contribution >= 4 is 28.8 Å². The molecule has 144 valence electrons. The number of nitrogens with zero attached hydrogens (tertiary/aromatic N) is 2. The van der Waals surface area contributed by atoms with Crippen LogP contribution >= 0.6 is 23.8 Å². The molecule has 0 bridgehead atoms. The predicted octanol–water partition coefficient (Wildman–Crippen LogP) is 4.24. The third-order valence-corrected chi connectivity index (χ3v) is 5.58. The second-order valence-corrected chi connectivity index (χ2v) is 7.28. The summed E-state index contributed by atoms with van der Waals surface area (Å²) in [7, 11) is 1.62. The number of benzene rings is 2. The fourth-order valence-corrected chi connectivity index (χ4v) is 3.73. The molecule has 1 aliphatic rings. The summed E-state index contributed by atoms with van der Waals surface area (Å²) in [6.07, 6.45) is 0. The lowest BCUT2D eigenvalue weighted by Crippen LogP contribution is -2.48. The van der Waals surface area contributed by atoms with E-state index in [0.717, 1.165) is 48.8 Å². The van der Waals surface area contributed by atoms with Crippen molar-refractivity contribution in [3.8, 4) is 11.5 Å². The van der Waals surface area contributed by atoms with Crippen LogP contribution in [-0.4, -0.2) is 54.6 Å². The first-order chi connectivity index (χ1) is 13.1. The van der Waals surface area contributed by atoms with Gasteiger partial charge in [0.15, 0.2) is 11.5 Å². The number of hydrogen-bond acceptors (Lipinski definition) is 4. The molecule has 0 radical (unpaired) electrons. The zero-order valence-electron chi connectivity index (χ0n) is 15.8. The molecule has 1 aliphatic heterocycles. The average molecular weight is 405 g/mol. The Kier molecular flexibility index (Phi) is 6.94. The van der Waals surface area contributed by atoms with Crippen LogP contribution in [0.3, 0.4) is 0 Å². The quantitative estimate of drug-likeness (QED) is 0.670. The van der Waals surface area contributed by atoms with E-state index in [1.165, 1.54) is 0 Å². The van der Waals surface area contributed by atoms with Crippen molar-refractivity contribution in [1.29, 1.82) is 0 Å². The largest absolute Gasteiger partial charge is 0.493 e. The normalized spacial score (nSPS) is 14.9. The summed E-state index contributed by atoms with van der Waals surface area (Å²) >= 11 is 12.2. The van der Waals surface area contributed by atoms with Gasteiger partial charge in [-0.2, -0.15) is 0 Å². The molecule has 4 nitrogen and oxygen atoms in total. The summed E-state index contributed by atoms with van der Waals surface area (Å²) in [5.41, 5.74) is 1.97. The molecule has 0 unspecified atom stereocenters. The molecule has 1 saturated heterocycles. The lowest BCUT2D eigenvalue weighted by Gasteiger charge is -2.35. The smallest absolute Gasteiger partial charge is 0.180 e. The molecule has 1 heterocycles. The van der Waals surface area contributed by atoms with Gasteiger partial charge in [0, 0.05) is 31.7 Å². The summed E-state index contributed by atoms with van der Waals surface area (Å²) in [6.45, 7) is 7.61. The molecule has 2 aromatic rings. The topological polar surface area (TPSA) is 24.9 Å². The van der Waals surface area contributed by atoms with E-state index >= 15 is 0 Å². The predicted molar refractivity (Wildman–Crippen MR) is 114 cm³/mol. The molecule has 0 spiro atoms. The zero-order valence-corrected chi connectivity index (χ0v) is 17.4. The van der Waals surface area contributed by atoms with E-state index in [4.69, 9.17) is 33.3 Å². The number of piperazine rings is 1. The van der Waals surface area contributed by atoms with E-state index in [0.29, 0.717) is 23.1 Å². The first-order valence-electron chi connectivity index (χ1n) is 9.18. The van der Waals surface area contributed by atoms with E-state index in [9.17, 15) is 0 Å². The fraction of sp³-hybridized carbons (Fsp3) is 0.381. The van der Waals surface area contributed by atoms with Gasteiger partial charge in [-0.1, -0.05) is 61.1 Å². The van der Waals surface area contributed by atoms with Crippen LogP contribution in [0.25, 0.3) is 0 Å². The maximum atomic E-state index is 6.52. The number of ether oxygens (including phenoxy) is 2. The number of thiocarbonyl (C=S) groups is 1. The Morgan fingerprint density at radius 3 is 2.44 bits per heavy atom. The molecule has 0 amide bonds. The van der Waals surface area contributed by atoms with Gasteiger partial charge >= 0.3 is 0 Å². The highest BCUT2D eigenvalue weighted by molar-refractivity contribution is 7.80. The molecule has 0 aromatic heterocycles. The number of rotatable bonds is 6. The maximum Gasteiger partial charge on any atom is 0.180 e. The van der Waals surface area contributed by atoms with Crippen LogP contribution in [0.15, 0.2) is 42.5 Å². The molecule has 0 atom stereocenters. The zero-order chi connectivity index (χ0) is 19.2. The van der Waals surface area contributed by atoms with E-state index in [2.05, 4.69) is 16.7 Å². The lowest BCUT2D eigenvalue weighted by molar-refractivity contribution is 0.192. The SMILES string of the molecule is CCN1CCN(C(=S)c2cc(Cl)c(OCc3ccccc3)c(OC)c2)CC1. The highest BCUT2D eigenvalue weighted by Gasteiger charge is 2.21.